The number of esters is 1. The minimum atomic E-state index is -0.423. The van der Waals surface area contributed by atoms with Crippen LogP contribution in [0.5, 0.6) is 0 Å². The normalized spacial score (nSPS) is 36.7. The highest BCUT2D eigenvalue weighted by atomic mass is 16.5. The Morgan fingerprint density at radius 2 is 2.04 bits per heavy atom. The van der Waals surface area contributed by atoms with Crippen molar-refractivity contribution < 1.29 is 19.1 Å². The summed E-state index contributed by atoms with van der Waals surface area (Å²) >= 11 is 0. The Kier molecular flexibility index (Phi) is 4.13. The third kappa shape index (κ3) is 2.69. The second kappa shape index (κ2) is 6.15. The average molecular weight is 366 g/mol. The Bertz CT molecular complexity index is 856. The molecule has 0 radical (unpaired) electrons. The zero-order chi connectivity index (χ0) is 19.4. The standard InChI is InChI=1S/C23H26O4/c1-14(24)27-13-21(26)20-7-6-18-17-5-4-15-12-16(25)8-10-22(15,2)19(17)9-11-23(18,20)3/h7-10,12,17-18H,4-6,11,13H2,1-3H3/t17-,18-,22-,23-/m0/s1. The van der Waals surface area contributed by atoms with Gasteiger partial charge in [0.25, 0.3) is 0 Å². The molecule has 0 heterocycles. The molecule has 0 amide bonds. The van der Waals surface area contributed by atoms with Crippen LogP contribution in [0, 0.1) is 22.7 Å². The first-order valence-electron chi connectivity index (χ1n) is 9.77. The van der Waals surface area contributed by atoms with Crippen molar-refractivity contribution in [3.05, 3.63) is 47.1 Å². The quantitative estimate of drug-likeness (QED) is 0.562. The summed E-state index contributed by atoms with van der Waals surface area (Å²) in [6.45, 7) is 5.56. The molecular weight excluding hydrogens is 340 g/mol. The van der Waals surface area contributed by atoms with Crippen molar-refractivity contribution in [2.45, 2.75) is 46.5 Å². The SMILES string of the molecule is CC(=O)OCC(=O)C1=CC[C@H]2[C@@H]3CCC4=CC(=O)C=C[C@]4(C)C3=CC[C@]12C. The van der Waals surface area contributed by atoms with Crippen molar-refractivity contribution in [1.29, 1.82) is 0 Å². The first-order valence-corrected chi connectivity index (χ1v) is 9.77. The van der Waals surface area contributed by atoms with Crippen LogP contribution in [0.4, 0.5) is 0 Å². The first kappa shape index (κ1) is 18.1. The van der Waals surface area contributed by atoms with Crippen molar-refractivity contribution in [3.63, 3.8) is 0 Å². The molecule has 0 aliphatic heterocycles. The lowest BCUT2D eigenvalue weighted by atomic mass is 9.52. The molecule has 4 aliphatic rings. The number of hydrogen-bond donors (Lipinski definition) is 0. The van der Waals surface area contributed by atoms with Crippen LogP contribution in [0.3, 0.4) is 0 Å². The van der Waals surface area contributed by atoms with Crippen molar-refractivity contribution >= 4 is 17.5 Å². The average Bonchev–Trinajstić information content (AvgIpc) is 2.97. The molecule has 0 N–H and O–H groups in total. The molecule has 4 atom stereocenters. The van der Waals surface area contributed by atoms with Gasteiger partial charge in [-0.15, -0.1) is 0 Å². The van der Waals surface area contributed by atoms with E-state index in [2.05, 4.69) is 32.1 Å². The molecule has 1 fully saturated rings. The number of fused-ring (bicyclic) bond motifs is 5. The van der Waals surface area contributed by atoms with Gasteiger partial charge in [0.1, 0.15) is 0 Å². The summed E-state index contributed by atoms with van der Waals surface area (Å²) in [5.74, 6) is 0.394. The van der Waals surface area contributed by atoms with Crippen LogP contribution >= 0.6 is 0 Å². The maximum absolute atomic E-state index is 12.7. The van der Waals surface area contributed by atoms with Crippen LogP contribution < -0.4 is 0 Å². The van der Waals surface area contributed by atoms with Gasteiger partial charge in [0.15, 0.2) is 18.2 Å². The van der Waals surface area contributed by atoms with Gasteiger partial charge in [-0.1, -0.05) is 36.3 Å². The zero-order valence-corrected chi connectivity index (χ0v) is 16.2. The number of ether oxygens (including phenoxy) is 1. The van der Waals surface area contributed by atoms with E-state index < -0.39 is 5.97 Å². The largest absolute Gasteiger partial charge is 0.457 e. The molecule has 4 heteroatoms. The van der Waals surface area contributed by atoms with E-state index in [1.54, 1.807) is 6.08 Å². The Hall–Kier alpha value is -2.23. The number of Topliss-reactive ketones (excluding diaryl/α,β-unsaturated/α-hetero) is 1. The van der Waals surface area contributed by atoms with Crippen LogP contribution in [-0.2, 0) is 19.1 Å². The van der Waals surface area contributed by atoms with Gasteiger partial charge in [-0.2, -0.15) is 0 Å². The van der Waals surface area contributed by atoms with Gasteiger partial charge in [0.2, 0.25) is 0 Å². The maximum Gasteiger partial charge on any atom is 0.303 e. The smallest absolute Gasteiger partial charge is 0.303 e. The third-order valence-corrected chi connectivity index (χ3v) is 7.24. The lowest BCUT2D eigenvalue weighted by Gasteiger charge is -2.51. The number of hydrogen-bond acceptors (Lipinski definition) is 4. The molecule has 0 aromatic carbocycles. The summed E-state index contributed by atoms with van der Waals surface area (Å²) in [7, 11) is 0. The molecule has 0 saturated heterocycles. The minimum Gasteiger partial charge on any atom is -0.457 e. The highest BCUT2D eigenvalue weighted by molar-refractivity contribution is 6.01. The van der Waals surface area contributed by atoms with Crippen LogP contribution in [0.1, 0.15) is 46.5 Å². The molecule has 4 nitrogen and oxygen atoms in total. The molecule has 142 valence electrons. The predicted molar refractivity (Wildman–Crippen MR) is 102 cm³/mol. The Morgan fingerprint density at radius 1 is 1.26 bits per heavy atom. The van der Waals surface area contributed by atoms with Crippen LogP contribution in [0.25, 0.3) is 0 Å². The minimum absolute atomic E-state index is 0.0715. The molecule has 0 unspecified atom stereocenters. The van der Waals surface area contributed by atoms with Crippen molar-refractivity contribution in [1.82, 2.24) is 0 Å². The number of carbonyl (C=O) groups excluding carboxylic acids is 3. The van der Waals surface area contributed by atoms with Crippen LogP contribution in [0.2, 0.25) is 0 Å². The number of carbonyl (C=O) groups is 3. The van der Waals surface area contributed by atoms with Gasteiger partial charge >= 0.3 is 5.97 Å². The van der Waals surface area contributed by atoms with E-state index in [4.69, 9.17) is 4.74 Å². The molecule has 0 aromatic rings. The second-order valence-electron chi connectivity index (χ2n) is 8.70. The summed E-state index contributed by atoms with van der Waals surface area (Å²) in [5.41, 5.74) is 3.09. The summed E-state index contributed by atoms with van der Waals surface area (Å²) in [6, 6.07) is 0. The molecule has 1 saturated carbocycles. The highest BCUT2D eigenvalue weighted by Crippen LogP contribution is 2.62. The molecule has 4 rings (SSSR count). The Labute approximate surface area is 160 Å². The molecule has 27 heavy (non-hydrogen) atoms. The van der Waals surface area contributed by atoms with E-state index >= 15 is 0 Å². The fourth-order valence-corrected chi connectivity index (χ4v) is 5.78. The number of allylic oxidation sites excluding steroid dienone is 7. The van der Waals surface area contributed by atoms with E-state index in [0.717, 1.165) is 31.3 Å². The van der Waals surface area contributed by atoms with Crippen molar-refractivity contribution in [3.8, 4) is 0 Å². The molecule has 0 bridgehead atoms. The first-order chi connectivity index (χ1) is 12.8. The predicted octanol–water partition coefficient (Wildman–Crippen LogP) is 3.88. The van der Waals surface area contributed by atoms with E-state index in [-0.39, 0.29) is 29.0 Å². The zero-order valence-electron chi connectivity index (χ0n) is 16.2. The number of ketones is 2. The Balaban J connectivity index is 1.63. The van der Waals surface area contributed by atoms with Crippen molar-refractivity contribution in [2.24, 2.45) is 22.7 Å². The van der Waals surface area contributed by atoms with Gasteiger partial charge in [-0.05, 0) is 56.6 Å². The second-order valence-corrected chi connectivity index (χ2v) is 8.70. The highest BCUT2D eigenvalue weighted by Gasteiger charge is 2.54. The lowest BCUT2D eigenvalue weighted by Crippen LogP contribution is -2.43. The van der Waals surface area contributed by atoms with Crippen LogP contribution in [0.15, 0.2) is 47.1 Å². The monoisotopic (exact) mass is 366 g/mol. The Morgan fingerprint density at radius 3 is 2.78 bits per heavy atom. The maximum atomic E-state index is 12.7. The van der Waals surface area contributed by atoms with Gasteiger partial charge in [0.05, 0.1) is 0 Å². The topological polar surface area (TPSA) is 60.4 Å². The van der Waals surface area contributed by atoms with E-state index in [1.807, 2.05) is 6.08 Å². The fourth-order valence-electron chi connectivity index (χ4n) is 5.78. The van der Waals surface area contributed by atoms with Crippen molar-refractivity contribution in [2.75, 3.05) is 6.61 Å². The van der Waals surface area contributed by atoms with Gasteiger partial charge in [0, 0.05) is 23.3 Å². The van der Waals surface area contributed by atoms with Gasteiger partial charge in [-0.25, -0.2) is 0 Å². The molecular formula is C23H26O4. The van der Waals surface area contributed by atoms with Gasteiger partial charge < -0.3 is 4.74 Å². The summed E-state index contributed by atoms with van der Waals surface area (Å²) < 4.78 is 4.95. The van der Waals surface area contributed by atoms with E-state index in [9.17, 15) is 14.4 Å². The molecule has 0 spiro atoms. The summed E-state index contributed by atoms with van der Waals surface area (Å²) in [5, 5.41) is 0. The fraction of sp³-hybridized carbons (Fsp3) is 0.522. The molecule has 0 aromatic heterocycles. The van der Waals surface area contributed by atoms with E-state index in [1.165, 1.54) is 18.1 Å². The van der Waals surface area contributed by atoms with E-state index in [0.29, 0.717) is 11.8 Å². The third-order valence-electron chi connectivity index (χ3n) is 7.24. The number of rotatable bonds is 3. The lowest BCUT2D eigenvalue weighted by molar-refractivity contribution is -0.145. The van der Waals surface area contributed by atoms with Gasteiger partial charge in [-0.3, -0.25) is 14.4 Å². The van der Waals surface area contributed by atoms with Crippen LogP contribution in [-0.4, -0.2) is 24.1 Å². The summed E-state index contributed by atoms with van der Waals surface area (Å²) in [6.07, 6.45) is 13.6. The molecule has 4 aliphatic carbocycles. The summed E-state index contributed by atoms with van der Waals surface area (Å²) in [4.78, 5) is 35.6.